The molecule has 0 fully saturated rings. The Bertz CT molecular complexity index is 3060. The van der Waals surface area contributed by atoms with Crippen LogP contribution in [0.4, 0.5) is 5.69 Å². The third kappa shape index (κ3) is 6.45. The van der Waals surface area contributed by atoms with E-state index >= 15 is 0 Å². The van der Waals surface area contributed by atoms with Crippen LogP contribution in [0.2, 0.25) is 0 Å². The lowest BCUT2D eigenvalue weighted by molar-refractivity contribution is 0.669. The largest absolute Gasteiger partial charge is 0.455 e. The second-order valence-corrected chi connectivity index (χ2v) is 13.4. The van der Waals surface area contributed by atoms with Gasteiger partial charge in [0.15, 0.2) is 40.6 Å². The molecule has 8 nitrogen and oxygen atoms in total. The zero-order valence-electron chi connectivity index (χ0n) is 30.3. The van der Waals surface area contributed by atoms with Crippen LogP contribution < -0.4 is 0 Å². The van der Waals surface area contributed by atoms with Gasteiger partial charge >= 0.3 is 0 Å². The maximum Gasteiger partial charge on any atom is 0.187 e. The summed E-state index contributed by atoms with van der Waals surface area (Å²) in [6.45, 7) is 7.41. The number of aromatic nitrogens is 6. The minimum atomic E-state index is 0.521. The Morgan fingerprint density at radius 3 is 1.37 bits per heavy atom. The van der Waals surface area contributed by atoms with Gasteiger partial charge in [0.2, 0.25) is 0 Å². The number of fused-ring (bicyclic) bond motifs is 3. The molecule has 3 aromatic heterocycles. The molecule has 0 radical (unpaired) electrons. The van der Waals surface area contributed by atoms with Gasteiger partial charge in [0.25, 0.3) is 0 Å². The average molecular weight is 732 g/mol. The Hall–Kier alpha value is -8.15. The summed E-state index contributed by atoms with van der Waals surface area (Å²) in [4.78, 5) is 33.3. The highest BCUT2D eigenvalue weighted by Crippen LogP contribution is 2.38. The lowest BCUT2D eigenvalue weighted by atomic mass is 10.0. The van der Waals surface area contributed by atoms with Gasteiger partial charge in [-0.3, -0.25) is 0 Å². The molecule has 10 rings (SSSR count). The van der Waals surface area contributed by atoms with Gasteiger partial charge in [0, 0.05) is 38.6 Å². The van der Waals surface area contributed by atoms with E-state index in [2.05, 4.69) is 17.0 Å². The molecule has 0 unspecified atom stereocenters. The van der Waals surface area contributed by atoms with Crippen molar-refractivity contribution in [3.05, 3.63) is 187 Å². The molecule has 57 heavy (non-hydrogen) atoms. The highest BCUT2D eigenvalue weighted by Gasteiger charge is 2.19. The molecular formula is C49H29N7O. The molecule has 7 aromatic carbocycles. The summed E-state index contributed by atoms with van der Waals surface area (Å²) >= 11 is 0. The van der Waals surface area contributed by atoms with E-state index in [4.69, 9.17) is 40.9 Å². The molecule has 0 aliphatic heterocycles. The smallest absolute Gasteiger partial charge is 0.187 e. The molecule has 10 aromatic rings. The first-order valence-corrected chi connectivity index (χ1v) is 18.4. The minimum absolute atomic E-state index is 0.521. The maximum absolute atomic E-state index is 7.41. The van der Waals surface area contributed by atoms with E-state index in [9.17, 15) is 0 Å². The first-order chi connectivity index (χ1) is 28.2. The lowest BCUT2D eigenvalue weighted by Crippen LogP contribution is -2.00. The van der Waals surface area contributed by atoms with E-state index in [0.717, 1.165) is 60.9 Å². The molecule has 0 atom stereocenters. The highest BCUT2D eigenvalue weighted by molar-refractivity contribution is 6.10. The van der Waals surface area contributed by atoms with E-state index < -0.39 is 0 Å². The summed E-state index contributed by atoms with van der Waals surface area (Å²) in [5.74, 6) is 3.35. The molecule has 0 bridgehead atoms. The predicted molar refractivity (Wildman–Crippen MR) is 225 cm³/mol. The van der Waals surface area contributed by atoms with Gasteiger partial charge in [0.1, 0.15) is 11.2 Å². The third-order valence-corrected chi connectivity index (χ3v) is 9.81. The SMILES string of the molecule is [C-]#[N+]c1cccc(-c2ccc(-c3nc(-c4ccccc4)nc(-c4ccc5oc6c(-c7nc(-c8ccccc8)nc(-c8ccccc8)n7)cccc6c5c4)n3)cc2)c1. The van der Waals surface area contributed by atoms with Crippen molar-refractivity contribution in [2.24, 2.45) is 0 Å². The number of para-hydroxylation sites is 1. The van der Waals surface area contributed by atoms with Crippen LogP contribution in [0.25, 0.3) is 106 Å². The molecule has 0 spiro atoms. The van der Waals surface area contributed by atoms with Crippen molar-refractivity contribution in [1.29, 1.82) is 0 Å². The predicted octanol–water partition coefficient (Wildman–Crippen LogP) is 12.2. The van der Waals surface area contributed by atoms with E-state index in [0.29, 0.717) is 46.2 Å². The fourth-order valence-electron chi connectivity index (χ4n) is 6.96. The number of hydrogen-bond acceptors (Lipinski definition) is 7. The van der Waals surface area contributed by atoms with Crippen molar-refractivity contribution in [3.63, 3.8) is 0 Å². The van der Waals surface area contributed by atoms with Crippen LogP contribution in [0, 0.1) is 6.57 Å². The second kappa shape index (κ2) is 14.3. The number of rotatable bonds is 7. The van der Waals surface area contributed by atoms with Gasteiger partial charge < -0.3 is 4.42 Å². The van der Waals surface area contributed by atoms with Crippen LogP contribution in [0.1, 0.15) is 0 Å². The van der Waals surface area contributed by atoms with E-state index in [-0.39, 0.29) is 0 Å². The highest BCUT2D eigenvalue weighted by atomic mass is 16.3. The Morgan fingerprint density at radius 1 is 0.351 bits per heavy atom. The molecule has 8 heteroatoms. The molecule has 0 N–H and O–H groups in total. The monoisotopic (exact) mass is 731 g/mol. The molecule has 0 aliphatic carbocycles. The molecule has 3 heterocycles. The van der Waals surface area contributed by atoms with Crippen LogP contribution in [0.3, 0.4) is 0 Å². The summed E-state index contributed by atoms with van der Waals surface area (Å²) in [5, 5.41) is 1.84. The number of nitrogens with zero attached hydrogens (tertiary/aromatic N) is 7. The van der Waals surface area contributed by atoms with Crippen molar-refractivity contribution in [2.45, 2.75) is 0 Å². The average Bonchev–Trinajstić information content (AvgIpc) is 3.68. The fourth-order valence-corrected chi connectivity index (χ4v) is 6.96. The van der Waals surface area contributed by atoms with Crippen LogP contribution >= 0.6 is 0 Å². The zero-order valence-corrected chi connectivity index (χ0v) is 30.3. The van der Waals surface area contributed by atoms with Crippen molar-refractivity contribution < 1.29 is 4.42 Å². The van der Waals surface area contributed by atoms with Gasteiger partial charge in [-0.2, -0.15) is 0 Å². The second-order valence-electron chi connectivity index (χ2n) is 13.4. The summed E-state index contributed by atoms with van der Waals surface area (Å²) in [6, 6.07) is 57.5. The number of furan rings is 1. The Morgan fingerprint density at radius 2 is 0.807 bits per heavy atom. The molecule has 266 valence electrons. The summed E-state index contributed by atoms with van der Waals surface area (Å²) in [6.07, 6.45) is 0. The Balaban J connectivity index is 1.09. The molecule has 0 aliphatic rings. The van der Waals surface area contributed by atoms with Crippen LogP contribution in [-0.2, 0) is 0 Å². The zero-order chi connectivity index (χ0) is 38.1. The summed E-state index contributed by atoms with van der Waals surface area (Å²) < 4.78 is 6.60. The van der Waals surface area contributed by atoms with Crippen molar-refractivity contribution in [1.82, 2.24) is 29.9 Å². The summed E-state index contributed by atoms with van der Waals surface area (Å²) in [5.41, 5.74) is 9.09. The molecule has 0 saturated carbocycles. The first-order valence-electron chi connectivity index (χ1n) is 18.4. The fraction of sp³-hybridized carbons (Fsp3) is 0. The maximum atomic E-state index is 7.41. The minimum Gasteiger partial charge on any atom is -0.455 e. The van der Waals surface area contributed by atoms with Crippen LogP contribution in [0.15, 0.2) is 180 Å². The Labute approximate surface area is 327 Å². The molecular weight excluding hydrogens is 703 g/mol. The van der Waals surface area contributed by atoms with E-state index in [1.165, 1.54) is 0 Å². The van der Waals surface area contributed by atoms with Gasteiger partial charge in [-0.1, -0.05) is 146 Å². The standard InChI is InChI=1S/C49H29N7O/c1-50-38-20-11-19-36(29-38)31-23-25-35(26-24-31)47-51-44(32-13-5-2-6-14-32)53-48(54-47)37-27-28-42-41(30-37)39-21-12-22-40(43(39)57-42)49-55-45(33-15-7-3-8-16-33)52-46(56-49)34-17-9-4-10-18-34/h2-30H. The quantitative estimate of drug-likeness (QED) is 0.151. The Kier molecular flexibility index (Phi) is 8.36. The van der Waals surface area contributed by atoms with Crippen LogP contribution in [0.5, 0.6) is 0 Å². The topological polar surface area (TPSA) is 94.8 Å². The van der Waals surface area contributed by atoms with E-state index in [1.807, 2.05) is 164 Å². The normalized spacial score (nSPS) is 11.1. The van der Waals surface area contributed by atoms with Crippen LogP contribution in [-0.4, -0.2) is 29.9 Å². The van der Waals surface area contributed by atoms with E-state index in [1.54, 1.807) is 0 Å². The first kappa shape index (κ1) is 33.4. The van der Waals surface area contributed by atoms with Gasteiger partial charge in [0.05, 0.1) is 12.1 Å². The van der Waals surface area contributed by atoms with Gasteiger partial charge in [-0.25, -0.2) is 34.7 Å². The lowest BCUT2D eigenvalue weighted by Gasteiger charge is -2.09. The van der Waals surface area contributed by atoms with Crippen molar-refractivity contribution in [2.75, 3.05) is 0 Å². The van der Waals surface area contributed by atoms with Gasteiger partial charge in [-0.05, 0) is 41.5 Å². The molecule has 0 amide bonds. The molecule has 0 saturated heterocycles. The van der Waals surface area contributed by atoms with Crippen molar-refractivity contribution >= 4 is 27.6 Å². The van der Waals surface area contributed by atoms with Gasteiger partial charge in [-0.15, -0.1) is 0 Å². The summed E-state index contributed by atoms with van der Waals surface area (Å²) in [7, 11) is 0. The number of hydrogen-bond donors (Lipinski definition) is 0. The number of benzene rings is 7. The van der Waals surface area contributed by atoms with Crippen molar-refractivity contribution in [3.8, 4) is 79.5 Å². The third-order valence-electron chi connectivity index (χ3n) is 9.81.